The number of benzene rings is 3. The molecule has 34 heavy (non-hydrogen) atoms. The van der Waals surface area contributed by atoms with Gasteiger partial charge in [0, 0.05) is 23.4 Å². The van der Waals surface area contributed by atoms with Gasteiger partial charge in [-0.25, -0.2) is 0 Å². The van der Waals surface area contributed by atoms with Crippen molar-refractivity contribution in [2.24, 2.45) is 0 Å². The van der Waals surface area contributed by atoms with Crippen molar-refractivity contribution in [2.75, 3.05) is 0 Å². The topological polar surface area (TPSA) is 42.2 Å². The lowest BCUT2D eigenvalue weighted by molar-refractivity contribution is -0.138. The Morgan fingerprint density at radius 1 is 0.882 bits per heavy atom. The minimum atomic E-state index is -4.39. The zero-order valence-electron chi connectivity index (χ0n) is 18.6. The molecule has 4 aromatic rings. The molecule has 1 N–H and O–H groups in total. The number of carbonyl (C=O) groups is 1. The maximum absolute atomic E-state index is 13.1. The van der Waals surface area contributed by atoms with Crippen LogP contribution in [0.25, 0.3) is 28.1 Å². The molecule has 0 aliphatic heterocycles. The molecule has 174 valence electrons. The van der Waals surface area contributed by atoms with E-state index in [1.165, 1.54) is 12.1 Å². The number of alkyl halides is 3. The van der Waals surface area contributed by atoms with E-state index in [4.69, 9.17) is 5.11 Å². The molecule has 6 heteroatoms. The number of hydrogen-bond donors (Lipinski definition) is 1. The lowest BCUT2D eigenvalue weighted by Gasteiger charge is -2.14. The quantitative estimate of drug-likeness (QED) is 0.308. The Labute approximate surface area is 196 Å². The number of halogens is 3. The van der Waals surface area contributed by atoms with Crippen LogP contribution in [0.5, 0.6) is 0 Å². The molecule has 4 rings (SSSR count). The molecular weight excluding hydrogens is 439 g/mol. The zero-order chi connectivity index (χ0) is 24.3. The van der Waals surface area contributed by atoms with Crippen molar-refractivity contribution >= 4 is 5.97 Å². The summed E-state index contributed by atoms with van der Waals surface area (Å²) in [5.41, 5.74) is 5.72. The van der Waals surface area contributed by atoms with Gasteiger partial charge in [0.1, 0.15) is 0 Å². The molecule has 0 fully saturated rings. The van der Waals surface area contributed by atoms with E-state index in [0.717, 1.165) is 45.9 Å². The minimum Gasteiger partial charge on any atom is -0.481 e. The standard InChI is InChI=1S/C28H24F3NO2/c1-19-25(21-7-3-2-4-8-21)18-26(22-12-14-23(15-13-22)28(29,30)31)32(19)24-16-10-20(11-17-24)6-5-9-27(33)34/h2-4,7-8,10-18H,5-6,9H2,1H3,(H,33,34). The highest BCUT2D eigenvalue weighted by atomic mass is 19.4. The van der Waals surface area contributed by atoms with Gasteiger partial charge < -0.3 is 9.67 Å². The maximum atomic E-state index is 13.1. The third-order valence-electron chi connectivity index (χ3n) is 5.89. The SMILES string of the molecule is Cc1c(-c2ccccc2)cc(-c2ccc(C(F)(F)F)cc2)n1-c1ccc(CCCC(=O)O)cc1. The second kappa shape index (κ2) is 9.59. The molecule has 0 saturated heterocycles. The summed E-state index contributed by atoms with van der Waals surface area (Å²) >= 11 is 0. The molecule has 0 saturated carbocycles. The summed E-state index contributed by atoms with van der Waals surface area (Å²) in [7, 11) is 0. The van der Waals surface area contributed by atoms with Gasteiger partial charge in [0.25, 0.3) is 0 Å². The van der Waals surface area contributed by atoms with Gasteiger partial charge in [0.2, 0.25) is 0 Å². The van der Waals surface area contributed by atoms with Gasteiger partial charge in [0.15, 0.2) is 0 Å². The number of aryl methyl sites for hydroxylation is 1. The van der Waals surface area contributed by atoms with Crippen LogP contribution in [0.2, 0.25) is 0 Å². The van der Waals surface area contributed by atoms with Crippen LogP contribution in [-0.2, 0) is 17.4 Å². The predicted molar refractivity (Wildman–Crippen MR) is 127 cm³/mol. The van der Waals surface area contributed by atoms with Crippen LogP contribution < -0.4 is 0 Å². The van der Waals surface area contributed by atoms with Crippen molar-refractivity contribution in [3.8, 4) is 28.1 Å². The molecule has 0 amide bonds. The van der Waals surface area contributed by atoms with E-state index in [1.54, 1.807) is 0 Å². The minimum absolute atomic E-state index is 0.122. The van der Waals surface area contributed by atoms with E-state index in [2.05, 4.69) is 0 Å². The Bertz CT molecular complexity index is 1270. The fourth-order valence-electron chi connectivity index (χ4n) is 4.15. The Hall–Kier alpha value is -3.80. The molecule has 0 bridgehead atoms. The molecule has 0 aliphatic carbocycles. The van der Waals surface area contributed by atoms with Gasteiger partial charge in [0.05, 0.1) is 11.3 Å². The maximum Gasteiger partial charge on any atom is 0.416 e. The highest BCUT2D eigenvalue weighted by Crippen LogP contribution is 2.36. The van der Waals surface area contributed by atoms with Crippen LogP contribution >= 0.6 is 0 Å². The number of nitrogens with zero attached hydrogens (tertiary/aromatic N) is 1. The fraction of sp³-hybridized carbons (Fsp3) is 0.179. The fourth-order valence-corrected chi connectivity index (χ4v) is 4.15. The molecule has 1 aromatic heterocycles. The second-order valence-corrected chi connectivity index (χ2v) is 8.22. The smallest absolute Gasteiger partial charge is 0.416 e. The molecule has 1 heterocycles. The zero-order valence-corrected chi connectivity index (χ0v) is 18.6. The molecule has 3 aromatic carbocycles. The van der Waals surface area contributed by atoms with Crippen LogP contribution in [0.4, 0.5) is 13.2 Å². The second-order valence-electron chi connectivity index (χ2n) is 8.22. The summed E-state index contributed by atoms with van der Waals surface area (Å²) in [6, 6.07) is 25.0. The summed E-state index contributed by atoms with van der Waals surface area (Å²) < 4.78 is 41.3. The normalized spacial score (nSPS) is 11.5. The molecule has 0 radical (unpaired) electrons. The van der Waals surface area contributed by atoms with Gasteiger partial charge in [-0.2, -0.15) is 13.2 Å². The molecular formula is C28H24F3NO2. The first-order valence-corrected chi connectivity index (χ1v) is 11.0. The summed E-state index contributed by atoms with van der Waals surface area (Å²) in [6.07, 6.45) is -3.04. The molecule has 3 nitrogen and oxygen atoms in total. The van der Waals surface area contributed by atoms with Crippen molar-refractivity contribution < 1.29 is 23.1 Å². The largest absolute Gasteiger partial charge is 0.481 e. The number of carboxylic acid groups (broad SMARTS) is 1. The summed E-state index contributed by atoms with van der Waals surface area (Å²) in [6.45, 7) is 2.00. The Morgan fingerprint density at radius 3 is 2.12 bits per heavy atom. The first-order chi connectivity index (χ1) is 16.2. The van der Waals surface area contributed by atoms with Crippen molar-refractivity contribution in [3.63, 3.8) is 0 Å². The van der Waals surface area contributed by atoms with Gasteiger partial charge >= 0.3 is 12.1 Å². The van der Waals surface area contributed by atoms with Gasteiger partial charge in [-0.3, -0.25) is 4.79 Å². The number of aromatic nitrogens is 1. The number of rotatable bonds is 7. The van der Waals surface area contributed by atoms with Crippen molar-refractivity contribution in [2.45, 2.75) is 32.4 Å². The lowest BCUT2D eigenvalue weighted by atomic mass is 10.0. The van der Waals surface area contributed by atoms with Crippen LogP contribution in [0.1, 0.15) is 29.7 Å². The van der Waals surface area contributed by atoms with Crippen LogP contribution in [-0.4, -0.2) is 15.6 Å². The van der Waals surface area contributed by atoms with Crippen LogP contribution in [0.3, 0.4) is 0 Å². The van der Waals surface area contributed by atoms with E-state index in [9.17, 15) is 18.0 Å². The van der Waals surface area contributed by atoms with E-state index in [0.29, 0.717) is 18.4 Å². The van der Waals surface area contributed by atoms with E-state index >= 15 is 0 Å². The third-order valence-corrected chi connectivity index (χ3v) is 5.89. The molecule has 0 spiro atoms. The Balaban J connectivity index is 1.76. The summed E-state index contributed by atoms with van der Waals surface area (Å²) in [4.78, 5) is 10.8. The third kappa shape index (κ3) is 5.06. The van der Waals surface area contributed by atoms with Crippen molar-refractivity contribution in [3.05, 3.63) is 102 Å². The van der Waals surface area contributed by atoms with Crippen LogP contribution in [0, 0.1) is 6.92 Å². The monoisotopic (exact) mass is 463 g/mol. The first kappa shape index (κ1) is 23.4. The Morgan fingerprint density at radius 2 is 1.53 bits per heavy atom. The number of hydrogen-bond acceptors (Lipinski definition) is 1. The van der Waals surface area contributed by atoms with Crippen molar-refractivity contribution in [1.29, 1.82) is 0 Å². The van der Waals surface area contributed by atoms with E-state index in [1.807, 2.05) is 72.2 Å². The lowest BCUT2D eigenvalue weighted by Crippen LogP contribution is -2.04. The highest BCUT2D eigenvalue weighted by Gasteiger charge is 2.30. The highest BCUT2D eigenvalue weighted by molar-refractivity contribution is 5.77. The van der Waals surface area contributed by atoms with Gasteiger partial charge in [-0.15, -0.1) is 0 Å². The van der Waals surface area contributed by atoms with Crippen LogP contribution in [0.15, 0.2) is 84.9 Å². The average Bonchev–Trinajstić information content (AvgIpc) is 3.16. The van der Waals surface area contributed by atoms with Gasteiger partial charge in [-0.05, 0) is 66.8 Å². The average molecular weight is 463 g/mol. The first-order valence-electron chi connectivity index (χ1n) is 11.0. The predicted octanol–water partition coefficient (Wildman–Crippen LogP) is 7.55. The van der Waals surface area contributed by atoms with E-state index < -0.39 is 17.7 Å². The molecule has 0 aliphatic rings. The molecule has 0 atom stereocenters. The molecule has 0 unspecified atom stereocenters. The Kier molecular flexibility index (Phi) is 6.59. The summed E-state index contributed by atoms with van der Waals surface area (Å²) in [5.74, 6) is -0.811. The number of aliphatic carboxylic acids is 1. The van der Waals surface area contributed by atoms with Crippen molar-refractivity contribution in [1.82, 2.24) is 4.57 Å². The number of carboxylic acids is 1. The summed E-state index contributed by atoms with van der Waals surface area (Å²) in [5, 5.41) is 8.85. The van der Waals surface area contributed by atoms with E-state index in [-0.39, 0.29) is 6.42 Å². The van der Waals surface area contributed by atoms with Gasteiger partial charge in [-0.1, -0.05) is 54.6 Å².